The van der Waals surface area contributed by atoms with Gasteiger partial charge in [0.25, 0.3) is 0 Å². The van der Waals surface area contributed by atoms with Gasteiger partial charge in [0.2, 0.25) is 0 Å². The largest absolute Gasteiger partial charge is 0.381 e. The lowest BCUT2D eigenvalue weighted by molar-refractivity contribution is -0.0164. The van der Waals surface area contributed by atoms with Gasteiger partial charge in [-0.2, -0.15) is 11.8 Å². The average molecular weight is 511 g/mol. The Hall–Kier alpha value is 0.270. The Labute approximate surface area is 187 Å². The maximum Gasteiger partial charge on any atom is 0.191 e. The maximum atomic E-state index is 5.67. The monoisotopic (exact) mass is 510 g/mol. The van der Waals surface area contributed by atoms with Crippen LogP contribution in [0.15, 0.2) is 4.99 Å². The van der Waals surface area contributed by atoms with Gasteiger partial charge in [0, 0.05) is 43.6 Å². The third-order valence-electron chi connectivity index (χ3n) is 6.38. The molecule has 0 aromatic heterocycles. The predicted octanol–water partition coefficient (Wildman–Crippen LogP) is 3.48. The Balaban J connectivity index is 0.00000261. The standard InChI is InChI=1S/C20H38N4OS.HI/c1-3-26-18-8-6-7-17(15-18)23-19(21-2)22-16-20(9-13-25-14-10-20)24-11-4-5-12-24;/h17-18H,3-16H2,1-2H3,(H2,21,22,23);1H. The smallest absolute Gasteiger partial charge is 0.191 e. The van der Waals surface area contributed by atoms with Crippen molar-refractivity contribution in [3.8, 4) is 0 Å². The molecule has 7 heteroatoms. The summed E-state index contributed by atoms with van der Waals surface area (Å²) in [4.78, 5) is 7.25. The average Bonchev–Trinajstić information content (AvgIpc) is 3.22. The van der Waals surface area contributed by atoms with Gasteiger partial charge in [0.1, 0.15) is 0 Å². The molecular weight excluding hydrogens is 471 g/mol. The first-order valence-electron chi connectivity index (χ1n) is 10.7. The van der Waals surface area contributed by atoms with Crippen molar-refractivity contribution in [1.82, 2.24) is 15.5 Å². The summed E-state index contributed by atoms with van der Waals surface area (Å²) in [6.45, 7) is 7.52. The Morgan fingerprint density at radius 1 is 1.19 bits per heavy atom. The summed E-state index contributed by atoms with van der Waals surface area (Å²) in [7, 11) is 1.91. The van der Waals surface area contributed by atoms with Gasteiger partial charge in [-0.1, -0.05) is 13.3 Å². The molecule has 0 spiro atoms. The van der Waals surface area contributed by atoms with Crippen molar-refractivity contribution >= 4 is 41.7 Å². The Morgan fingerprint density at radius 3 is 2.59 bits per heavy atom. The van der Waals surface area contributed by atoms with E-state index in [0.717, 1.165) is 43.8 Å². The third kappa shape index (κ3) is 6.64. The van der Waals surface area contributed by atoms with Crippen molar-refractivity contribution in [2.75, 3.05) is 45.6 Å². The minimum Gasteiger partial charge on any atom is -0.381 e. The van der Waals surface area contributed by atoms with E-state index in [2.05, 4.69) is 39.2 Å². The first kappa shape index (κ1) is 23.5. The van der Waals surface area contributed by atoms with Crippen molar-refractivity contribution in [3.05, 3.63) is 0 Å². The molecule has 0 bridgehead atoms. The van der Waals surface area contributed by atoms with Crippen molar-refractivity contribution in [2.45, 2.75) is 75.1 Å². The lowest BCUT2D eigenvalue weighted by Crippen LogP contribution is -2.59. The van der Waals surface area contributed by atoms with Crippen LogP contribution in [0.3, 0.4) is 0 Å². The van der Waals surface area contributed by atoms with Crippen molar-refractivity contribution in [2.24, 2.45) is 4.99 Å². The molecule has 0 amide bonds. The Bertz CT molecular complexity index is 451. The number of hydrogen-bond donors (Lipinski definition) is 2. The molecule has 2 atom stereocenters. The summed E-state index contributed by atoms with van der Waals surface area (Å²) >= 11 is 2.12. The number of hydrogen-bond acceptors (Lipinski definition) is 4. The van der Waals surface area contributed by atoms with E-state index in [1.165, 1.54) is 57.4 Å². The molecule has 3 aliphatic rings. The van der Waals surface area contributed by atoms with Gasteiger partial charge in [-0.25, -0.2) is 0 Å². The van der Waals surface area contributed by atoms with Crippen LogP contribution in [-0.4, -0.2) is 73.3 Å². The molecule has 2 aliphatic heterocycles. The predicted molar refractivity (Wildman–Crippen MR) is 128 cm³/mol. The van der Waals surface area contributed by atoms with Gasteiger partial charge in [-0.05, 0) is 63.8 Å². The number of nitrogens with one attached hydrogen (secondary N) is 2. The number of aliphatic imine (C=N–C) groups is 1. The van der Waals surface area contributed by atoms with Crippen LogP contribution < -0.4 is 10.6 Å². The summed E-state index contributed by atoms with van der Waals surface area (Å²) in [5.74, 6) is 2.22. The fraction of sp³-hybridized carbons (Fsp3) is 0.950. The van der Waals surface area contributed by atoms with Gasteiger partial charge in [0.05, 0.1) is 0 Å². The molecule has 0 radical (unpaired) electrons. The van der Waals surface area contributed by atoms with Crippen LogP contribution in [0.4, 0.5) is 0 Å². The second-order valence-electron chi connectivity index (χ2n) is 8.04. The SMILES string of the molecule is CCSC1CCCC(NC(=NC)NCC2(N3CCCC3)CCOCC2)C1.I. The van der Waals surface area contributed by atoms with E-state index in [4.69, 9.17) is 4.74 Å². The van der Waals surface area contributed by atoms with Gasteiger partial charge in [-0.15, -0.1) is 24.0 Å². The number of thioether (sulfide) groups is 1. The number of nitrogens with zero attached hydrogens (tertiary/aromatic N) is 2. The van der Waals surface area contributed by atoms with Gasteiger partial charge in [0.15, 0.2) is 5.96 Å². The van der Waals surface area contributed by atoms with Crippen LogP contribution in [0.2, 0.25) is 0 Å². The molecule has 0 aromatic carbocycles. The van der Waals surface area contributed by atoms with Gasteiger partial charge in [-0.3, -0.25) is 9.89 Å². The van der Waals surface area contributed by atoms with E-state index in [9.17, 15) is 0 Å². The molecule has 3 rings (SSSR count). The summed E-state index contributed by atoms with van der Waals surface area (Å²) in [6, 6.07) is 0.566. The van der Waals surface area contributed by atoms with Crippen LogP contribution >= 0.6 is 35.7 Å². The third-order valence-corrected chi connectivity index (χ3v) is 7.61. The first-order valence-corrected chi connectivity index (χ1v) is 11.7. The fourth-order valence-electron chi connectivity index (χ4n) is 4.85. The minimum absolute atomic E-state index is 0. The van der Waals surface area contributed by atoms with Crippen LogP contribution in [0.25, 0.3) is 0 Å². The highest BCUT2D eigenvalue weighted by molar-refractivity contribution is 14.0. The number of halogens is 1. The lowest BCUT2D eigenvalue weighted by Gasteiger charge is -2.45. The Morgan fingerprint density at radius 2 is 1.93 bits per heavy atom. The van der Waals surface area contributed by atoms with Crippen LogP contribution in [0.5, 0.6) is 0 Å². The van der Waals surface area contributed by atoms with E-state index in [1.807, 2.05) is 7.05 Å². The number of likely N-dealkylation sites (tertiary alicyclic amines) is 1. The maximum absolute atomic E-state index is 5.67. The molecule has 1 aliphatic carbocycles. The van der Waals surface area contributed by atoms with Gasteiger partial charge < -0.3 is 15.4 Å². The molecule has 1 saturated carbocycles. The minimum atomic E-state index is 0. The Kier molecular flexibility index (Phi) is 10.5. The van der Waals surface area contributed by atoms with Crippen LogP contribution in [0.1, 0.15) is 58.3 Å². The highest BCUT2D eigenvalue weighted by Gasteiger charge is 2.39. The summed E-state index contributed by atoms with van der Waals surface area (Å²) in [5.41, 5.74) is 0.250. The van der Waals surface area contributed by atoms with Crippen molar-refractivity contribution in [1.29, 1.82) is 0 Å². The number of ether oxygens (including phenoxy) is 1. The lowest BCUT2D eigenvalue weighted by atomic mass is 9.88. The number of rotatable bonds is 6. The van der Waals surface area contributed by atoms with Gasteiger partial charge >= 0.3 is 0 Å². The first-order chi connectivity index (χ1) is 12.8. The molecule has 2 saturated heterocycles. The van der Waals surface area contributed by atoms with E-state index >= 15 is 0 Å². The topological polar surface area (TPSA) is 48.9 Å². The zero-order valence-corrected chi connectivity index (χ0v) is 20.3. The molecule has 2 N–H and O–H groups in total. The molecule has 3 fully saturated rings. The van der Waals surface area contributed by atoms with Crippen molar-refractivity contribution in [3.63, 3.8) is 0 Å². The van der Waals surface area contributed by atoms with Crippen LogP contribution in [0, 0.1) is 0 Å². The van der Waals surface area contributed by atoms with Crippen molar-refractivity contribution < 1.29 is 4.74 Å². The molecule has 2 heterocycles. The van der Waals surface area contributed by atoms with E-state index in [-0.39, 0.29) is 29.5 Å². The second-order valence-corrected chi connectivity index (χ2v) is 9.62. The summed E-state index contributed by atoms with van der Waals surface area (Å²) < 4.78 is 5.67. The van der Waals surface area contributed by atoms with E-state index in [0.29, 0.717) is 6.04 Å². The molecular formula is C20H39IN4OS. The highest BCUT2D eigenvalue weighted by Crippen LogP contribution is 2.31. The summed E-state index contributed by atoms with van der Waals surface area (Å²) in [5, 5.41) is 8.22. The normalized spacial score (nSPS) is 29.2. The van der Waals surface area contributed by atoms with E-state index in [1.54, 1.807) is 0 Å². The molecule has 158 valence electrons. The van der Waals surface area contributed by atoms with Crippen LogP contribution in [-0.2, 0) is 4.74 Å². The van der Waals surface area contributed by atoms with E-state index < -0.39 is 0 Å². The second kappa shape index (κ2) is 12.1. The highest BCUT2D eigenvalue weighted by atomic mass is 127. The quantitative estimate of drug-likeness (QED) is 0.326. The molecule has 27 heavy (non-hydrogen) atoms. The zero-order chi connectivity index (χ0) is 18.2. The molecule has 0 aromatic rings. The molecule has 2 unspecified atom stereocenters. The molecule has 5 nitrogen and oxygen atoms in total. The zero-order valence-electron chi connectivity index (χ0n) is 17.2. The number of guanidine groups is 1. The summed E-state index contributed by atoms with van der Waals surface area (Å²) in [6.07, 6.45) is 10.2. The fourth-order valence-corrected chi connectivity index (χ4v) is 6.02.